The lowest BCUT2D eigenvalue weighted by molar-refractivity contribution is 0.0341. The molecule has 4 amide bonds. The van der Waals surface area contributed by atoms with E-state index in [1.165, 1.54) is 124 Å². The van der Waals surface area contributed by atoms with E-state index in [-0.39, 0.29) is 23.6 Å². The summed E-state index contributed by atoms with van der Waals surface area (Å²) in [5.74, 6) is -0.905. The second-order valence-electron chi connectivity index (χ2n) is 41.2. The zero-order valence-electron chi connectivity index (χ0n) is 86.4. The van der Waals surface area contributed by atoms with Crippen LogP contribution in [0.5, 0.6) is 0 Å². The summed E-state index contributed by atoms with van der Waals surface area (Å²) in [6.45, 7) is 27.8. The Labute approximate surface area is 876 Å². The number of likely N-dealkylation sites (tertiary alicyclic amines) is 4. The third-order valence-corrected chi connectivity index (χ3v) is 29.4. The molecule has 150 heavy (non-hydrogen) atoms. The van der Waals surface area contributed by atoms with Gasteiger partial charge in [0.25, 0.3) is 23.6 Å². The van der Waals surface area contributed by atoms with Crippen LogP contribution in [-0.4, -0.2) is 281 Å². The number of rotatable bonds is 28. The number of likely N-dealkylation sites (N-methyl/N-ethyl adjacent to an activating group) is 1. The summed E-state index contributed by atoms with van der Waals surface area (Å²) in [6.07, 6.45) is 30.9. The molecule has 0 atom stereocenters. The van der Waals surface area contributed by atoms with Crippen LogP contribution in [0.15, 0.2) is 244 Å². The lowest BCUT2D eigenvalue weighted by Gasteiger charge is -2.32. The highest BCUT2D eigenvalue weighted by atomic mass is 16.5. The Balaban J connectivity index is 0.000000121. The number of nitrogens with zero attached hydrogens (tertiary/aromatic N) is 17. The molecule has 0 unspecified atom stereocenters. The van der Waals surface area contributed by atoms with Gasteiger partial charge in [0.2, 0.25) is 0 Å². The monoisotopic (exact) mass is 2010 g/mol. The van der Waals surface area contributed by atoms with Crippen LogP contribution < -0.4 is 21.3 Å². The number of hydrogen-bond acceptors (Lipinski definition) is 23. The normalized spacial score (nSPS) is 16.6. The van der Waals surface area contributed by atoms with Crippen molar-refractivity contribution in [2.24, 2.45) is 0 Å². The minimum Gasteiger partial charge on any atom is -0.379 e. The molecule has 774 valence electrons. The molecule has 0 radical (unpaired) electrons. The first-order valence-corrected chi connectivity index (χ1v) is 53.4. The largest absolute Gasteiger partial charge is 0.379 e. The van der Waals surface area contributed by atoms with E-state index in [9.17, 15) is 19.2 Å². The zero-order chi connectivity index (χ0) is 102. The third kappa shape index (κ3) is 27.7. The van der Waals surface area contributed by atoms with Gasteiger partial charge in [-0.05, 0) is 313 Å². The molecule has 15 heterocycles. The number of amides is 4. The van der Waals surface area contributed by atoms with E-state index in [1.807, 2.05) is 179 Å². The Morgan fingerprint density at radius 2 is 0.533 bits per heavy atom. The fraction of sp³-hybridized carbons (Fsp3) is 0.361. The van der Waals surface area contributed by atoms with E-state index >= 15 is 0 Å². The van der Waals surface area contributed by atoms with Gasteiger partial charge in [-0.25, -0.2) is 0 Å². The van der Waals surface area contributed by atoms with Crippen molar-refractivity contribution in [2.45, 2.75) is 129 Å². The van der Waals surface area contributed by atoms with Crippen LogP contribution in [-0.2, 0) is 61.8 Å². The Hall–Kier alpha value is -14.3. The number of ether oxygens (including phenoxy) is 2. The molecule has 8 aromatic heterocycles. The molecule has 16 aromatic rings. The SMILES string of the molecule is CN(C)Cc1cccc(NC(=O)c2n[nH]c3ccc(-c4cncc(CN5CCOCC5)c4)cc23)c1.CN1CCN(Cc2ccc(NC(=O)c3n[nH]c4ccc(-c5cncc(CN6CCCCC6)c5)cc34)cc2)CC1.O=C(Nc1ccc(CN2CCCCC2)cc1)c1n[nH]c2ccc(-c3cncc(CN4CCCCC4)c3)cc12.O=C(Nc1ccc(CN2CCOCC2)cc1)c1n[nH]c2ccc(-c3cncc(CN4CCCCC4)c3)cc12. The second kappa shape index (κ2) is 50.3. The maximum absolute atomic E-state index is 13.2. The van der Waals surface area contributed by atoms with Gasteiger partial charge in [0.05, 0.1) is 48.5 Å². The van der Waals surface area contributed by atoms with Crippen molar-refractivity contribution in [3.63, 3.8) is 0 Å². The van der Waals surface area contributed by atoms with Crippen molar-refractivity contribution in [2.75, 3.05) is 174 Å². The molecule has 0 aliphatic carbocycles. The molecule has 8 N–H and O–H groups in total. The summed E-state index contributed by atoms with van der Waals surface area (Å²) in [5.41, 5.74) is 25.9. The summed E-state index contributed by atoms with van der Waals surface area (Å²) in [6, 6.07) is 65.3. The van der Waals surface area contributed by atoms with Gasteiger partial charge in [-0.3, -0.25) is 93.8 Å². The van der Waals surface area contributed by atoms with Gasteiger partial charge in [0, 0.05) is 221 Å². The predicted octanol–water partition coefficient (Wildman–Crippen LogP) is 18.9. The number of H-pyrrole nitrogens is 4. The van der Waals surface area contributed by atoms with Gasteiger partial charge in [0.15, 0.2) is 22.8 Å². The summed E-state index contributed by atoms with van der Waals surface area (Å²) in [5, 5.41) is 44.6. The van der Waals surface area contributed by atoms with E-state index in [2.05, 4.69) is 212 Å². The number of anilines is 4. The summed E-state index contributed by atoms with van der Waals surface area (Å²) in [4.78, 5) is 92.4. The molecule has 8 aromatic carbocycles. The van der Waals surface area contributed by atoms with Crippen molar-refractivity contribution in [1.82, 2.24) is 105 Å². The van der Waals surface area contributed by atoms with Gasteiger partial charge in [-0.15, -0.1) is 0 Å². The summed E-state index contributed by atoms with van der Waals surface area (Å²) >= 11 is 0. The molecule has 7 saturated heterocycles. The number of benzene rings is 8. The molecule has 31 nitrogen and oxygen atoms in total. The maximum Gasteiger partial charge on any atom is 0.276 e. The maximum atomic E-state index is 13.2. The quantitative estimate of drug-likeness (QED) is 0.0226. The third-order valence-electron chi connectivity index (χ3n) is 29.4. The van der Waals surface area contributed by atoms with Gasteiger partial charge in [0.1, 0.15) is 0 Å². The van der Waals surface area contributed by atoms with Crippen LogP contribution in [0, 0.1) is 0 Å². The number of piperidine rings is 4. The molecule has 0 spiro atoms. The van der Waals surface area contributed by atoms with E-state index in [4.69, 9.17) is 9.47 Å². The van der Waals surface area contributed by atoms with Gasteiger partial charge >= 0.3 is 0 Å². The second-order valence-corrected chi connectivity index (χ2v) is 41.2. The Kier molecular flexibility index (Phi) is 34.5. The standard InChI is InChI=1S/C31H37N7O.C31H36N6O.C30H34N6O2.C27H30N6O2/c1-36-13-15-38(16-14-36)21-23-5-8-27(9-6-23)33-31(39)30-28-18-25(7-10-29(28)34-35-30)26-17-24(19-32-20-26)22-37-11-3-2-4-12-37;38-31(33-27-10-7-23(8-11-27)21-36-13-3-1-4-14-36)30-28-18-25(9-12-29(28)34-35-30)26-17-24(19-32-20-26)22-37-15-5-2-6-16-37;37-30(32-26-7-4-22(5-8-26)20-36-12-14-38-15-13-36)29-27-17-24(6-9-28(27)33-34-29)25-16-23(18-31-19-25)21-35-10-2-1-3-11-35;1-32(2)17-19-4-3-5-23(13-19)29-27(34)26-24-14-21(6-7-25(24)30-31-26)22-12-20(15-28-16-22)18-33-8-10-35-11-9-33/h5-10,17-20H,2-4,11-16,21-22H2,1H3,(H,33,39)(H,34,35);7-12,17-20H,1-6,13-16,21-22H2,(H,33,38)(H,34,35);4-9,16-19H,1-3,10-15,20-21H2,(H,32,37)(H,33,34);3-7,12-16H,8-11,17-18H2,1-2H3,(H,29,34)(H,30,31). The van der Waals surface area contributed by atoms with Gasteiger partial charge in [-0.1, -0.05) is 98.5 Å². The molecule has 31 heteroatoms. The van der Waals surface area contributed by atoms with Crippen LogP contribution in [0.4, 0.5) is 22.7 Å². The van der Waals surface area contributed by atoms with Crippen LogP contribution in [0.1, 0.15) is 164 Å². The van der Waals surface area contributed by atoms with E-state index in [1.54, 1.807) is 0 Å². The van der Waals surface area contributed by atoms with E-state index < -0.39 is 0 Å². The smallest absolute Gasteiger partial charge is 0.276 e. The summed E-state index contributed by atoms with van der Waals surface area (Å²) < 4.78 is 10.9. The Morgan fingerprint density at radius 1 is 0.267 bits per heavy atom. The number of hydrogen-bond donors (Lipinski definition) is 8. The number of piperazine rings is 1. The van der Waals surface area contributed by atoms with Crippen LogP contribution in [0.25, 0.3) is 88.1 Å². The van der Waals surface area contributed by atoms with Crippen molar-refractivity contribution < 1.29 is 28.7 Å². The first-order chi connectivity index (χ1) is 73.6. The average Bonchev–Trinajstić information content (AvgIpc) is 1.64. The fourth-order valence-electron chi connectivity index (χ4n) is 21.2. The topological polar surface area (TPSA) is 330 Å². The number of carbonyl (C=O) groups excluding carboxylic acids is 4. The molecule has 0 bridgehead atoms. The van der Waals surface area contributed by atoms with Crippen LogP contribution in [0.2, 0.25) is 0 Å². The number of morpholine rings is 2. The van der Waals surface area contributed by atoms with Crippen molar-refractivity contribution in [1.29, 1.82) is 0 Å². The minimum atomic E-state index is -0.241. The average molecular weight is 2010 g/mol. The Bertz CT molecular complexity index is 7010. The number of fused-ring (bicyclic) bond motifs is 4. The van der Waals surface area contributed by atoms with Crippen molar-refractivity contribution >= 4 is 90.0 Å². The molecule has 7 aliphatic rings. The molecular formula is C119H137N25O6. The first kappa shape index (κ1) is 103. The number of aromatic amines is 4. The number of pyridine rings is 4. The fourth-order valence-corrected chi connectivity index (χ4v) is 21.2. The molecule has 7 fully saturated rings. The van der Waals surface area contributed by atoms with E-state index in [0.29, 0.717) is 22.8 Å². The lowest BCUT2D eigenvalue weighted by atomic mass is 10.0. The predicted molar refractivity (Wildman–Crippen MR) is 594 cm³/mol. The number of nitrogens with one attached hydrogen (secondary N) is 8. The van der Waals surface area contributed by atoms with Crippen LogP contribution >= 0.6 is 0 Å². The zero-order valence-corrected chi connectivity index (χ0v) is 86.4. The molecular weight excluding hydrogens is 1880 g/mol. The first-order valence-electron chi connectivity index (χ1n) is 53.4. The molecule has 7 aliphatic heterocycles. The van der Waals surface area contributed by atoms with Crippen LogP contribution in [0.3, 0.4) is 0 Å². The van der Waals surface area contributed by atoms with Crippen molar-refractivity contribution in [3.05, 3.63) is 311 Å². The molecule has 23 rings (SSSR count). The minimum absolute atomic E-state index is 0.214. The van der Waals surface area contributed by atoms with Gasteiger partial charge < -0.3 is 40.5 Å². The molecule has 0 saturated carbocycles. The summed E-state index contributed by atoms with van der Waals surface area (Å²) in [7, 11) is 6.21. The highest BCUT2D eigenvalue weighted by Crippen LogP contribution is 2.35. The highest BCUT2D eigenvalue weighted by molar-refractivity contribution is 6.15. The lowest BCUT2D eigenvalue weighted by Crippen LogP contribution is -2.43. The number of aromatic nitrogens is 12. The Morgan fingerprint density at radius 3 is 0.820 bits per heavy atom. The van der Waals surface area contributed by atoms with Gasteiger partial charge in [-0.2, -0.15) is 20.4 Å². The van der Waals surface area contributed by atoms with Crippen molar-refractivity contribution in [3.8, 4) is 44.5 Å². The highest BCUT2D eigenvalue weighted by Gasteiger charge is 2.26. The number of carbonyl (C=O) groups is 4. The van der Waals surface area contributed by atoms with E-state index in [0.717, 1.165) is 292 Å².